The van der Waals surface area contributed by atoms with Gasteiger partial charge in [-0.3, -0.25) is 0 Å². The summed E-state index contributed by atoms with van der Waals surface area (Å²) in [4.78, 5) is 12.8. The second-order valence-corrected chi connectivity index (χ2v) is 6.09. The van der Waals surface area contributed by atoms with E-state index in [1.807, 2.05) is 12.1 Å². The molecule has 0 spiro atoms. The van der Waals surface area contributed by atoms with Crippen molar-refractivity contribution in [3.63, 3.8) is 0 Å². The normalized spacial score (nSPS) is 16.8. The Morgan fingerprint density at radius 3 is 2.38 bits per heavy atom. The SMILES string of the molecule is c1ccc(N2CCN(c3nc4cc5c(cc4[nH]3)OCO5)CC2)cc1. The lowest BCUT2D eigenvalue weighted by atomic mass is 10.2. The number of imidazole rings is 1. The molecule has 6 heteroatoms. The fourth-order valence-electron chi connectivity index (χ4n) is 3.35. The number of fused-ring (bicyclic) bond motifs is 2. The number of hydrogen-bond donors (Lipinski definition) is 1. The second-order valence-electron chi connectivity index (χ2n) is 6.09. The molecular formula is C18H18N4O2. The molecule has 0 saturated carbocycles. The number of para-hydroxylation sites is 1. The summed E-state index contributed by atoms with van der Waals surface area (Å²) >= 11 is 0. The van der Waals surface area contributed by atoms with Crippen molar-refractivity contribution in [1.29, 1.82) is 0 Å². The van der Waals surface area contributed by atoms with Crippen LogP contribution in [0.3, 0.4) is 0 Å². The standard InChI is InChI=1S/C18H18N4O2/c1-2-4-13(5-3-1)21-6-8-22(9-7-21)18-19-14-10-16-17(24-12-23-16)11-15(14)20-18/h1-5,10-11H,6-9,12H2,(H,19,20). The summed E-state index contributed by atoms with van der Waals surface area (Å²) in [5, 5.41) is 0. The highest BCUT2D eigenvalue weighted by atomic mass is 16.7. The second kappa shape index (κ2) is 5.33. The van der Waals surface area contributed by atoms with Gasteiger partial charge in [0.1, 0.15) is 0 Å². The van der Waals surface area contributed by atoms with E-state index in [9.17, 15) is 0 Å². The van der Waals surface area contributed by atoms with E-state index >= 15 is 0 Å². The zero-order valence-corrected chi connectivity index (χ0v) is 13.2. The number of nitrogens with zero attached hydrogens (tertiary/aromatic N) is 3. The summed E-state index contributed by atoms with van der Waals surface area (Å²) in [5.74, 6) is 2.47. The summed E-state index contributed by atoms with van der Waals surface area (Å²) in [6.07, 6.45) is 0. The number of nitrogens with one attached hydrogen (secondary N) is 1. The Hall–Kier alpha value is -2.89. The molecule has 0 aliphatic carbocycles. The summed E-state index contributed by atoms with van der Waals surface area (Å²) in [5.41, 5.74) is 3.19. The van der Waals surface area contributed by atoms with Gasteiger partial charge in [0.25, 0.3) is 0 Å². The third-order valence-electron chi connectivity index (χ3n) is 4.66. The van der Waals surface area contributed by atoms with E-state index in [2.05, 4.69) is 45.1 Å². The first-order valence-corrected chi connectivity index (χ1v) is 8.21. The number of hydrogen-bond acceptors (Lipinski definition) is 5. The lowest BCUT2D eigenvalue weighted by molar-refractivity contribution is 0.174. The van der Waals surface area contributed by atoms with Gasteiger partial charge < -0.3 is 24.3 Å². The number of H-pyrrole nitrogens is 1. The molecule has 0 unspecified atom stereocenters. The van der Waals surface area contributed by atoms with Crippen LogP contribution in [-0.2, 0) is 0 Å². The van der Waals surface area contributed by atoms with Gasteiger partial charge in [-0.15, -0.1) is 0 Å². The van der Waals surface area contributed by atoms with Crippen LogP contribution in [0.5, 0.6) is 11.5 Å². The predicted octanol–water partition coefficient (Wildman–Crippen LogP) is 2.62. The number of piperazine rings is 1. The summed E-state index contributed by atoms with van der Waals surface area (Å²) in [6.45, 7) is 4.16. The van der Waals surface area contributed by atoms with E-state index in [4.69, 9.17) is 14.5 Å². The van der Waals surface area contributed by atoms with E-state index in [-0.39, 0.29) is 6.79 Å². The number of rotatable bonds is 2. The highest BCUT2D eigenvalue weighted by Crippen LogP contribution is 2.36. The molecule has 0 bridgehead atoms. The summed E-state index contributed by atoms with van der Waals surface area (Å²) in [7, 11) is 0. The Balaban J connectivity index is 1.35. The zero-order chi connectivity index (χ0) is 15.9. The Kier molecular flexibility index (Phi) is 3.01. The zero-order valence-electron chi connectivity index (χ0n) is 13.2. The summed E-state index contributed by atoms with van der Waals surface area (Å²) < 4.78 is 10.9. The molecule has 6 nitrogen and oxygen atoms in total. The molecule has 1 saturated heterocycles. The highest BCUT2D eigenvalue weighted by Gasteiger charge is 2.21. The molecule has 2 aliphatic heterocycles. The van der Waals surface area contributed by atoms with E-state index < -0.39 is 0 Å². The maximum atomic E-state index is 5.43. The molecule has 2 aliphatic rings. The van der Waals surface area contributed by atoms with Crippen LogP contribution in [0.1, 0.15) is 0 Å². The fraction of sp³-hybridized carbons (Fsp3) is 0.278. The smallest absolute Gasteiger partial charge is 0.231 e. The quantitative estimate of drug-likeness (QED) is 0.786. The third-order valence-corrected chi connectivity index (χ3v) is 4.66. The molecule has 2 aromatic carbocycles. The topological polar surface area (TPSA) is 53.6 Å². The summed E-state index contributed by atoms with van der Waals surface area (Å²) in [6, 6.07) is 14.5. The molecule has 3 heterocycles. The van der Waals surface area contributed by atoms with Gasteiger partial charge in [0.2, 0.25) is 12.7 Å². The van der Waals surface area contributed by atoms with Crippen LogP contribution in [0.2, 0.25) is 0 Å². The molecule has 1 aromatic heterocycles. The highest BCUT2D eigenvalue weighted by molar-refractivity contribution is 5.82. The molecule has 5 rings (SSSR count). The van der Waals surface area contributed by atoms with Crippen molar-refractivity contribution < 1.29 is 9.47 Å². The van der Waals surface area contributed by atoms with Crippen LogP contribution in [0.4, 0.5) is 11.6 Å². The van der Waals surface area contributed by atoms with Crippen LogP contribution in [0.25, 0.3) is 11.0 Å². The fourth-order valence-corrected chi connectivity index (χ4v) is 3.35. The third kappa shape index (κ3) is 2.22. The van der Waals surface area contributed by atoms with Gasteiger partial charge in [-0.05, 0) is 12.1 Å². The van der Waals surface area contributed by atoms with Crippen LogP contribution < -0.4 is 19.3 Å². The average Bonchev–Trinajstić information content (AvgIpc) is 3.26. The minimum atomic E-state index is 0.288. The monoisotopic (exact) mass is 322 g/mol. The van der Waals surface area contributed by atoms with E-state index in [1.165, 1.54) is 5.69 Å². The van der Waals surface area contributed by atoms with E-state index in [0.717, 1.165) is 54.7 Å². The Morgan fingerprint density at radius 1 is 0.875 bits per heavy atom. The molecule has 0 amide bonds. The molecule has 0 atom stereocenters. The van der Waals surface area contributed by atoms with Gasteiger partial charge in [-0.25, -0.2) is 4.98 Å². The van der Waals surface area contributed by atoms with Gasteiger partial charge in [0.15, 0.2) is 11.5 Å². The first-order chi connectivity index (χ1) is 11.9. The van der Waals surface area contributed by atoms with Gasteiger partial charge >= 0.3 is 0 Å². The minimum absolute atomic E-state index is 0.288. The molecule has 3 aromatic rings. The first kappa shape index (κ1) is 13.5. The van der Waals surface area contributed by atoms with Crippen molar-refractivity contribution in [3.05, 3.63) is 42.5 Å². The van der Waals surface area contributed by atoms with Gasteiger partial charge in [-0.2, -0.15) is 0 Å². The van der Waals surface area contributed by atoms with Gasteiger partial charge in [-0.1, -0.05) is 18.2 Å². The van der Waals surface area contributed by atoms with Gasteiger partial charge in [0.05, 0.1) is 11.0 Å². The largest absolute Gasteiger partial charge is 0.454 e. The molecule has 24 heavy (non-hydrogen) atoms. The Bertz CT molecular complexity index is 828. The van der Waals surface area contributed by atoms with E-state index in [1.54, 1.807) is 0 Å². The minimum Gasteiger partial charge on any atom is -0.454 e. The Labute approximate surface area is 139 Å². The van der Waals surface area contributed by atoms with Crippen molar-refractivity contribution in [3.8, 4) is 11.5 Å². The van der Waals surface area contributed by atoms with Crippen LogP contribution in [0.15, 0.2) is 42.5 Å². The van der Waals surface area contributed by atoms with Crippen molar-refractivity contribution >= 4 is 22.7 Å². The molecule has 0 radical (unpaired) electrons. The number of aromatic amines is 1. The van der Waals surface area contributed by atoms with Gasteiger partial charge in [0, 0.05) is 44.0 Å². The molecular weight excluding hydrogens is 304 g/mol. The molecule has 1 N–H and O–H groups in total. The lowest BCUT2D eigenvalue weighted by Gasteiger charge is -2.35. The predicted molar refractivity (Wildman–Crippen MR) is 93.1 cm³/mol. The lowest BCUT2D eigenvalue weighted by Crippen LogP contribution is -2.46. The van der Waals surface area contributed by atoms with Crippen LogP contribution in [-0.4, -0.2) is 42.9 Å². The maximum absolute atomic E-state index is 5.43. The van der Waals surface area contributed by atoms with Crippen LogP contribution in [0, 0.1) is 0 Å². The number of aromatic nitrogens is 2. The van der Waals surface area contributed by atoms with Crippen molar-refractivity contribution in [2.24, 2.45) is 0 Å². The maximum Gasteiger partial charge on any atom is 0.231 e. The molecule has 122 valence electrons. The van der Waals surface area contributed by atoms with E-state index in [0.29, 0.717) is 0 Å². The number of ether oxygens (including phenoxy) is 2. The average molecular weight is 322 g/mol. The number of anilines is 2. The Morgan fingerprint density at radius 2 is 1.58 bits per heavy atom. The molecule has 1 fully saturated rings. The van der Waals surface area contributed by atoms with Crippen molar-refractivity contribution in [1.82, 2.24) is 9.97 Å². The first-order valence-electron chi connectivity index (χ1n) is 8.21. The number of benzene rings is 2. The van der Waals surface area contributed by atoms with Crippen LogP contribution >= 0.6 is 0 Å². The van der Waals surface area contributed by atoms with Crippen molar-refractivity contribution in [2.75, 3.05) is 42.8 Å². The van der Waals surface area contributed by atoms with Crippen molar-refractivity contribution in [2.45, 2.75) is 0 Å².